The van der Waals surface area contributed by atoms with Crippen molar-refractivity contribution in [1.82, 2.24) is 5.27 Å². The minimum Gasteiger partial charge on any atom is -0.497 e. The Hall–Kier alpha value is -3.42. The Morgan fingerprint density at radius 1 is 0.885 bits per heavy atom. The lowest BCUT2D eigenvalue weighted by Crippen LogP contribution is -2.36. The highest BCUT2D eigenvalue weighted by molar-refractivity contribution is 5.66. The second-order valence-electron chi connectivity index (χ2n) is 5.28. The maximum atomic E-state index is 12.3. The number of hydrogen-bond acceptors (Lipinski definition) is 6. The average molecular weight is 359 g/mol. The van der Waals surface area contributed by atoms with Crippen LogP contribution in [0.15, 0.2) is 45.7 Å². The van der Waals surface area contributed by atoms with E-state index in [4.69, 9.17) is 23.5 Å². The van der Waals surface area contributed by atoms with Crippen LogP contribution in [0.5, 0.6) is 23.0 Å². The van der Waals surface area contributed by atoms with Crippen molar-refractivity contribution in [2.75, 3.05) is 28.4 Å². The van der Waals surface area contributed by atoms with Gasteiger partial charge in [-0.15, -0.1) is 0 Å². The number of H-pyrrole nitrogens is 1. The molecule has 26 heavy (non-hydrogen) atoms. The van der Waals surface area contributed by atoms with E-state index in [0.717, 1.165) is 0 Å². The second kappa shape index (κ2) is 7.22. The third kappa shape index (κ3) is 2.97. The van der Waals surface area contributed by atoms with Gasteiger partial charge in [-0.1, -0.05) is 0 Å². The molecule has 0 spiro atoms. The number of benzene rings is 2. The first-order valence-corrected chi connectivity index (χ1v) is 7.71. The molecule has 3 rings (SSSR count). The van der Waals surface area contributed by atoms with Gasteiger partial charge in [0.05, 0.1) is 34.0 Å². The summed E-state index contributed by atoms with van der Waals surface area (Å²) in [6, 6.07) is 10.5. The van der Waals surface area contributed by atoms with Crippen molar-refractivity contribution in [3.05, 3.63) is 46.8 Å². The van der Waals surface area contributed by atoms with Crippen LogP contribution in [0.2, 0.25) is 0 Å². The number of nitrogens with zero attached hydrogens (tertiary/aromatic N) is 1. The van der Waals surface area contributed by atoms with Gasteiger partial charge in [-0.2, -0.15) is 0 Å². The second-order valence-corrected chi connectivity index (χ2v) is 5.28. The summed E-state index contributed by atoms with van der Waals surface area (Å²) in [6.45, 7) is 0. The van der Waals surface area contributed by atoms with E-state index in [0.29, 0.717) is 34.2 Å². The highest BCUT2D eigenvalue weighted by atomic mass is 16.5. The van der Waals surface area contributed by atoms with E-state index in [9.17, 15) is 4.79 Å². The molecule has 3 aromatic rings. The molecule has 1 aromatic heterocycles. The van der Waals surface area contributed by atoms with E-state index >= 15 is 0 Å². The van der Waals surface area contributed by atoms with Gasteiger partial charge in [-0.3, -0.25) is 4.52 Å². The third-order valence-electron chi connectivity index (χ3n) is 3.92. The van der Waals surface area contributed by atoms with Crippen molar-refractivity contribution in [2.45, 2.75) is 0 Å². The van der Waals surface area contributed by atoms with E-state index in [-0.39, 0.29) is 5.69 Å². The number of rotatable bonds is 6. The average Bonchev–Trinajstić information content (AvgIpc) is 3.08. The fraction of sp³-hybridized carbons (Fsp3) is 0.222. The lowest BCUT2D eigenvalue weighted by atomic mass is 10.1. The fourth-order valence-corrected chi connectivity index (χ4v) is 2.65. The quantitative estimate of drug-likeness (QED) is 0.677. The Morgan fingerprint density at radius 3 is 2.00 bits per heavy atom. The molecule has 1 N–H and O–H groups in total. The molecule has 0 saturated heterocycles. The molecule has 2 aromatic carbocycles. The monoisotopic (exact) mass is 359 g/mol. The first kappa shape index (κ1) is 17.4. The van der Waals surface area contributed by atoms with Crippen LogP contribution in [-0.2, 0) is 0 Å². The fourth-order valence-electron chi connectivity index (χ4n) is 2.65. The normalized spacial score (nSPS) is 10.5. The highest BCUT2D eigenvalue weighted by Gasteiger charge is 2.28. The summed E-state index contributed by atoms with van der Waals surface area (Å²) in [6.07, 6.45) is 0. The Balaban J connectivity index is 2.18. The summed E-state index contributed by atoms with van der Waals surface area (Å²) in [5.74, 6) is 2.01. The van der Waals surface area contributed by atoms with Crippen LogP contribution >= 0.6 is 0 Å². The Bertz CT molecular complexity index is 934. The molecular formula is C18H19N2O6+. The lowest BCUT2D eigenvalue weighted by Gasteiger charge is -2.12. The van der Waals surface area contributed by atoms with Crippen molar-refractivity contribution >= 4 is 0 Å². The molecule has 136 valence electrons. The van der Waals surface area contributed by atoms with Gasteiger partial charge < -0.3 is 18.9 Å². The molecule has 1 heterocycles. The smallest absolute Gasteiger partial charge is 0.435 e. The summed E-state index contributed by atoms with van der Waals surface area (Å²) in [5, 5.41) is 2.61. The van der Waals surface area contributed by atoms with Crippen LogP contribution in [0.1, 0.15) is 0 Å². The molecule has 8 nitrogen and oxygen atoms in total. The summed E-state index contributed by atoms with van der Waals surface area (Å²) >= 11 is 0. The molecule has 0 amide bonds. The van der Waals surface area contributed by atoms with E-state index in [1.54, 1.807) is 43.5 Å². The van der Waals surface area contributed by atoms with Gasteiger partial charge in [0.25, 0.3) is 0 Å². The molecule has 0 aliphatic rings. The summed E-state index contributed by atoms with van der Waals surface area (Å²) in [7, 11) is 6.13. The van der Waals surface area contributed by atoms with Crippen molar-refractivity contribution in [3.8, 4) is 39.9 Å². The number of aromatic amines is 1. The molecule has 0 bridgehead atoms. The van der Waals surface area contributed by atoms with Crippen molar-refractivity contribution in [2.24, 2.45) is 0 Å². The van der Waals surface area contributed by atoms with Crippen molar-refractivity contribution < 1.29 is 28.2 Å². The van der Waals surface area contributed by atoms with Gasteiger partial charge >= 0.3 is 11.3 Å². The SMILES string of the molecule is COc1ccc(-[n+]2[nH]oc(=O)c2-c2cc(OC)c(OC)c(OC)c2)cc1. The molecule has 0 fully saturated rings. The maximum Gasteiger partial charge on any atom is 0.435 e. The van der Waals surface area contributed by atoms with Crippen molar-refractivity contribution in [3.63, 3.8) is 0 Å². The van der Waals surface area contributed by atoms with Crippen LogP contribution in [-0.4, -0.2) is 33.7 Å². The summed E-state index contributed by atoms with van der Waals surface area (Å²) in [5.41, 5.74) is 0.996. The summed E-state index contributed by atoms with van der Waals surface area (Å²) < 4.78 is 27.7. The zero-order valence-electron chi connectivity index (χ0n) is 14.9. The van der Waals surface area contributed by atoms with Crippen molar-refractivity contribution in [1.29, 1.82) is 0 Å². The van der Waals surface area contributed by atoms with Crippen LogP contribution in [0, 0.1) is 0 Å². The Kier molecular flexibility index (Phi) is 4.83. The number of ether oxygens (including phenoxy) is 4. The van der Waals surface area contributed by atoms with Gasteiger partial charge in [0.15, 0.2) is 11.5 Å². The van der Waals surface area contributed by atoms with Crippen LogP contribution in [0.3, 0.4) is 0 Å². The van der Waals surface area contributed by atoms with E-state index < -0.39 is 5.63 Å². The zero-order chi connectivity index (χ0) is 18.7. The predicted octanol–water partition coefficient (Wildman–Crippen LogP) is 1.95. The number of methoxy groups -OCH3 is 4. The minimum atomic E-state index is -0.532. The topological polar surface area (TPSA) is 86.8 Å². The van der Waals surface area contributed by atoms with E-state index in [1.807, 2.05) is 0 Å². The zero-order valence-corrected chi connectivity index (χ0v) is 14.9. The molecule has 0 aliphatic heterocycles. The van der Waals surface area contributed by atoms with Crippen LogP contribution in [0.4, 0.5) is 0 Å². The molecular weight excluding hydrogens is 340 g/mol. The number of aromatic nitrogens is 2. The molecule has 0 radical (unpaired) electrons. The van der Waals surface area contributed by atoms with Gasteiger partial charge in [0.1, 0.15) is 5.75 Å². The Labute approximate surface area is 149 Å². The predicted molar refractivity (Wildman–Crippen MR) is 92.5 cm³/mol. The highest BCUT2D eigenvalue weighted by Crippen LogP contribution is 2.40. The van der Waals surface area contributed by atoms with Crippen LogP contribution < -0.4 is 29.3 Å². The summed E-state index contributed by atoms with van der Waals surface area (Å²) in [4.78, 5) is 12.3. The van der Waals surface area contributed by atoms with E-state index in [2.05, 4.69) is 5.27 Å². The molecule has 0 saturated carbocycles. The first-order chi connectivity index (χ1) is 12.6. The first-order valence-electron chi connectivity index (χ1n) is 7.71. The van der Waals surface area contributed by atoms with Gasteiger partial charge in [-0.05, 0) is 34.2 Å². The van der Waals surface area contributed by atoms with Gasteiger partial charge in [0.2, 0.25) is 11.4 Å². The molecule has 0 unspecified atom stereocenters. The Morgan fingerprint density at radius 2 is 1.50 bits per heavy atom. The van der Waals surface area contributed by atoms with Gasteiger partial charge in [-0.25, -0.2) is 4.79 Å². The maximum absolute atomic E-state index is 12.3. The van der Waals surface area contributed by atoms with E-state index in [1.165, 1.54) is 26.0 Å². The standard InChI is InChI=1S/C18H18N2O6/c1-22-13-7-5-12(6-8-13)20-16(18(21)26-19-20)11-9-14(23-2)17(25-4)15(10-11)24-3/h5-10H,1-4H3/p+1. The number of nitrogens with one attached hydrogen (secondary N) is 1. The van der Waals surface area contributed by atoms with Crippen LogP contribution in [0.25, 0.3) is 16.9 Å². The number of hydrogen-bond donors (Lipinski definition) is 1. The third-order valence-corrected chi connectivity index (χ3v) is 3.92. The molecule has 0 aliphatic carbocycles. The van der Waals surface area contributed by atoms with Gasteiger partial charge in [0, 0.05) is 12.1 Å². The molecule has 8 heteroatoms. The minimum absolute atomic E-state index is 0.286. The lowest BCUT2D eigenvalue weighted by molar-refractivity contribution is -0.660. The largest absolute Gasteiger partial charge is 0.497 e. The molecule has 0 atom stereocenters.